The van der Waals surface area contributed by atoms with Crippen LogP contribution in [0.15, 0.2) is 66.9 Å². The molecule has 0 N–H and O–H groups in total. The zero-order chi connectivity index (χ0) is 13.4. The summed E-state index contributed by atoms with van der Waals surface area (Å²) in [6, 6.07) is 3.57. The Labute approximate surface area is 107 Å². The van der Waals surface area contributed by atoms with Crippen molar-refractivity contribution in [3.63, 3.8) is 0 Å². The number of hydrogen-bond acceptors (Lipinski definition) is 3. The van der Waals surface area contributed by atoms with Gasteiger partial charge in [0.15, 0.2) is 23.0 Å². The fourth-order valence-electron chi connectivity index (χ4n) is 1.34. The fourth-order valence-corrected chi connectivity index (χ4v) is 1.34. The van der Waals surface area contributed by atoms with Gasteiger partial charge in [0, 0.05) is 0 Å². The molecule has 0 aliphatic heterocycles. The maximum Gasteiger partial charge on any atom is 0.170 e. The predicted molar refractivity (Wildman–Crippen MR) is 73.3 cm³/mol. The monoisotopic (exact) mass is 244 g/mol. The predicted octanol–water partition coefficient (Wildman–Crippen LogP) is 4.14. The third-order valence-electron chi connectivity index (χ3n) is 2.06. The van der Waals surface area contributed by atoms with Gasteiger partial charge in [0.25, 0.3) is 0 Å². The molecule has 3 nitrogen and oxygen atoms in total. The zero-order valence-corrected chi connectivity index (χ0v) is 10.4. The van der Waals surface area contributed by atoms with Gasteiger partial charge < -0.3 is 13.9 Å². The molecule has 0 bridgehead atoms. The van der Waals surface area contributed by atoms with Crippen LogP contribution >= 0.6 is 0 Å². The fraction of sp³-hybridized carbons (Fsp3) is 0.0667. The van der Waals surface area contributed by atoms with E-state index in [0.29, 0.717) is 23.0 Å². The zero-order valence-electron chi connectivity index (χ0n) is 10.4. The summed E-state index contributed by atoms with van der Waals surface area (Å²) in [6.07, 6.45) is 7.97. The summed E-state index contributed by atoms with van der Waals surface area (Å²) >= 11 is 0. The van der Waals surface area contributed by atoms with Crippen molar-refractivity contribution in [3.05, 3.63) is 74.0 Å². The molecule has 0 aliphatic rings. The summed E-state index contributed by atoms with van der Waals surface area (Å²) in [5, 5.41) is 0. The van der Waals surface area contributed by atoms with Crippen molar-refractivity contribution < 1.29 is 13.9 Å². The SMILES string of the molecule is C=C/C=C(\OC)c1ccc(/C(=C/C=C)OC=C)o1. The van der Waals surface area contributed by atoms with Crippen LogP contribution in [0.4, 0.5) is 0 Å². The van der Waals surface area contributed by atoms with Crippen LogP contribution in [0.5, 0.6) is 0 Å². The number of furan rings is 1. The molecule has 0 atom stereocenters. The first-order chi connectivity index (χ1) is 8.76. The standard InChI is InChI=1S/C15H16O3/c1-5-8-12(16-4)14-10-11-15(18-14)13(9-6-2)17-7-3/h5-11H,1-3H2,4H3/b12-8-,13-9-. The third-order valence-corrected chi connectivity index (χ3v) is 2.06. The second-order valence-corrected chi connectivity index (χ2v) is 3.19. The number of rotatable bonds is 7. The lowest BCUT2D eigenvalue weighted by molar-refractivity contribution is 0.347. The van der Waals surface area contributed by atoms with Gasteiger partial charge in [-0.15, -0.1) is 0 Å². The van der Waals surface area contributed by atoms with Gasteiger partial charge in [0.05, 0.1) is 13.4 Å². The maximum atomic E-state index is 5.63. The van der Waals surface area contributed by atoms with Crippen molar-refractivity contribution in [2.75, 3.05) is 7.11 Å². The normalized spacial score (nSPS) is 11.8. The van der Waals surface area contributed by atoms with Gasteiger partial charge in [-0.2, -0.15) is 0 Å². The molecule has 0 unspecified atom stereocenters. The highest BCUT2D eigenvalue weighted by atomic mass is 16.5. The quantitative estimate of drug-likeness (QED) is 0.533. The van der Waals surface area contributed by atoms with Gasteiger partial charge in [0.1, 0.15) is 0 Å². The maximum absolute atomic E-state index is 5.63. The number of methoxy groups -OCH3 is 1. The number of ether oxygens (including phenoxy) is 2. The molecule has 1 rings (SSSR count). The van der Waals surface area contributed by atoms with E-state index in [0.717, 1.165) is 0 Å². The van der Waals surface area contributed by atoms with Crippen LogP contribution in [0.25, 0.3) is 11.5 Å². The van der Waals surface area contributed by atoms with Crippen LogP contribution < -0.4 is 0 Å². The second kappa shape index (κ2) is 7.01. The largest absolute Gasteiger partial charge is 0.493 e. The molecule has 0 spiro atoms. The molecule has 1 aromatic heterocycles. The van der Waals surface area contributed by atoms with Crippen molar-refractivity contribution in [3.8, 4) is 0 Å². The van der Waals surface area contributed by atoms with E-state index in [4.69, 9.17) is 13.9 Å². The van der Waals surface area contributed by atoms with E-state index in [-0.39, 0.29) is 0 Å². The van der Waals surface area contributed by atoms with E-state index >= 15 is 0 Å². The van der Waals surface area contributed by atoms with Crippen LogP contribution in [-0.4, -0.2) is 7.11 Å². The summed E-state index contributed by atoms with van der Waals surface area (Å²) in [7, 11) is 1.57. The van der Waals surface area contributed by atoms with Crippen molar-refractivity contribution in [1.29, 1.82) is 0 Å². The Morgan fingerprint density at radius 2 is 1.61 bits per heavy atom. The lowest BCUT2D eigenvalue weighted by Crippen LogP contribution is -1.85. The molecular formula is C15H16O3. The first-order valence-corrected chi connectivity index (χ1v) is 5.34. The summed E-state index contributed by atoms with van der Waals surface area (Å²) in [5.74, 6) is 2.28. The lowest BCUT2D eigenvalue weighted by atomic mass is 10.3. The van der Waals surface area contributed by atoms with Gasteiger partial charge in [-0.1, -0.05) is 31.9 Å². The van der Waals surface area contributed by atoms with Gasteiger partial charge in [-0.25, -0.2) is 0 Å². The Balaban J connectivity index is 3.07. The molecule has 1 aromatic rings. The van der Waals surface area contributed by atoms with E-state index in [9.17, 15) is 0 Å². The molecule has 0 saturated carbocycles. The Morgan fingerprint density at radius 1 is 1.06 bits per heavy atom. The third kappa shape index (κ3) is 3.28. The summed E-state index contributed by atoms with van der Waals surface area (Å²) in [5.41, 5.74) is 0. The van der Waals surface area contributed by atoms with E-state index in [1.165, 1.54) is 6.26 Å². The first kappa shape index (κ1) is 13.6. The van der Waals surface area contributed by atoms with E-state index in [1.807, 2.05) is 0 Å². The summed E-state index contributed by atoms with van der Waals surface area (Å²) < 4.78 is 16.0. The smallest absolute Gasteiger partial charge is 0.170 e. The Kier molecular flexibility index (Phi) is 5.32. The van der Waals surface area contributed by atoms with Crippen LogP contribution in [0.2, 0.25) is 0 Å². The van der Waals surface area contributed by atoms with E-state index in [2.05, 4.69) is 19.7 Å². The topological polar surface area (TPSA) is 31.6 Å². The van der Waals surface area contributed by atoms with Crippen molar-refractivity contribution >= 4 is 11.5 Å². The van der Waals surface area contributed by atoms with E-state index < -0.39 is 0 Å². The van der Waals surface area contributed by atoms with Gasteiger partial charge in [-0.3, -0.25) is 0 Å². The molecule has 94 valence electrons. The van der Waals surface area contributed by atoms with E-state index in [1.54, 1.807) is 43.5 Å². The molecule has 0 aromatic carbocycles. The molecular weight excluding hydrogens is 228 g/mol. The Morgan fingerprint density at radius 3 is 2.11 bits per heavy atom. The Hall–Kier alpha value is -2.42. The highest BCUT2D eigenvalue weighted by Crippen LogP contribution is 2.24. The van der Waals surface area contributed by atoms with Gasteiger partial charge in [-0.05, 0) is 24.3 Å². The molecule has 0 fully saturated rings. The molecule has 0 radical (unpaired) electrons. The molecule has 0 saturated heterocycles. The minimum atomic E-state index is 0.528. The van der Waals surface area contributed by atoms with Crippen LogP contribution in [-0.2, 0) is 9.47 Å². The van der Waals surface area contributed by atoms with Gasteiger partial charge in [0.2, 0.25) is 0 Å². The van der Waals surface area contributed by atoms with Crippen LogP contribution in [0, 0.1) is 0 Å². The van der Waals surface area contributed by atoms with Crippen molar-refractivity contribution in [2.24, 2.45) is 0 Å². The highest BCUT2D eigenvalue weighted by molar-refractivity contribution is 5.62. The molecule has 0 amide bonds. The number of hydrogen-bond donors (Lipinski definition) is 0. The molecule has 18 heavy (non-hydrogen) atoms. The highest BCUT2D eigenvalue weighted by Gasteiger charge is 2.11. The molecule has 1 heterocycles. The Bertz CT molecular complexity index is 490. The van der Waals surface area contributed by atoms with Crippen molar-refractivity contribution in [1.82, 2.24) is 0 Å². The van der Waals surface area contributed by atoms with Crippen molar-refractivity contribution in [2.45, 2.75) is 0 Å². The summed E-state index contributed by atoms with van der Waals surface area (Å²) in [4.78, 5) is 0. The lowest BCUT2D eigenvalue weighted by Gasteiger charge is -2.03. The summed E-state index contributed by atoms with van der Waals surface area (Å²) in [6.45, 7) is 10.7. The average Bonchev–Trinajstić information content (AvgIpc) is 2.85. The van der Waals surface area contributed by atoms with Crippen LogP contribution in [0.1, 0.15) is 11.5 Å². The minimum absolute atomic E-state index is 0.528. The number of allylic oxidation sites excluding steroid dienone is 4. The minimum Gasteiger partial charge on any atom is -0.493 e. The first-order valence-electron chi connectivity index (χ1n) is 5.34. The van der Waals surface area contributed by atoms with Gasteiger partial charge >= 0.3 is 0 Å². The molecule has 3 heteroatoms. The average molecular weight is 244 g/mol. The second-order valence-electron chi connectivity index (χ2n) is 3.19. The molecule has 0 aliphatic carbocycles. The van der Waals surface area contributed by atoms with Crippen LogP contribution in [0.3, 0.4) is 0 Å².